The Morgan fingerprint density at radius 2 is 2.15 bits per heavy atom. The number of aliphatic hydroxyl groups is 1. The molecule has 1 fully saturated rings. The van der Waals surface area contributed by atoms with Gasteiger partial charge in [-0.25, -0.2) is 4.79 Å². The van der Waals surface area contributed by atoms with Crippen LogP contribution in [0.1, 0.15) is 32.3 Å². The zero-order valence-electron chi connectivity index (χ0n) is 12.3. The van der Waals surface area contributed by atoms with Gasteiger partial charge in [-0.05, 0) is 31.2 Å². The summed E-state index contributed by atoms with van der Waals surface area (Å²) in [5.41, 5.74) is 0.180. The molecule has 1 aromatic carbocycles. The summed E-state index contributed by atoms with van der Waals surface area (Å²) >= 11 is 0. The molecule has 2 amide bonds. The molecule has 2 unspecified atom stereocenters. The Bertz CT molecular complexity index is 449. The maximum Gasteiger partial charge on any atom is 0.318 e. The second kappa shape index (κ2) is 6.27. The van der Waals surface area contributed by atoms with Crippen molar-refractivity contribution in [2.45, 2.75) is 32.2 Å². The standard InChI is InChI=1S/C16H24N2O2/c1-13-7-6-10-18(11-13)15(20)17-16(2,12-19)14-8-4-3-5-9-14/h3-5,8-9,13,19H,6-7,10-12H2,1-2H3,(H,17,20). The van der Waals surface area contributed by atoms with Crippen LogP contribution in [-0.2, 0) is 5.54 Å². The van der Waals surface area contributed by atoms with Crippen LogP contribution in [0.25, 0.3) is 0 Å². The van der Waals surface area contributed by atoms with Gasteiger partial charge in [-0.3, -0.25) is 0 Å². The molecule has 1 heterocycles. The van der Waals surface area contributed by atoms with Crippen LogP contribution in [0, 0.1) is 5.92 Å². The highest BCUT2D eigenvalue weighted by molar-refractivity contribution is 5.75. The van der Waals surface area contributed by atoms with Crippen molar-refractivity contribution in [3.8, 4) is 0 Å². The lowest BCUT2D eigenvalue weighted by Crippen LogP contribution is -2.53. The third kappa shape index (κ3) is 3.31. The van der Waals surface area contributed by atoms with E-state index in [4.69, 9.17) is 0 Å². The molecule has 1 aliphatic heterocycles. The van der Waals surface area contributed by atoms with Gasteiger partial charge in [0.05, 0.1) is 12.1 Å². The van der Waals surface area contributed by atoms with E-state index in [1.165, 1.54) is 6.42 Å². The molecule has 110 valence electrons. The number of rotatable bonds is 3. The minimum absolute atomic E-state index is 0.0862. The van der Waals surface area contributed by atoms with E-state index in [1.807, 2.05) is 42.2 Å². The van der Waals surface area contributed by atoms with Gasteiger partial charge in [0.25, 0.3) is 0 Å². The number of nitrogens with one attached hydrogen (secondary N) is 1. The van der Waals surface area contributed by atoms with Crippen molar-refractivity contribution in [3.63, 3.8) is 0 Å². The SMILES string of the molecule is CC1CCCN(C(=O)NC(C)(CO)c2ccccc2)C1. The highest BCUT2D eigenvalue weighted by Gasteiger charge is 2.30. The monoisotopic (exact) mass is 276 g/mol. The minimum Gasteiger partial charge on any atom is -0.394 e. The zero-order chi connectivity index (χ0) is 14.6. The first-order chi connectivity index (χ1) is 9.55. The number of hydrogen-bond donors (Lipinski definition) is 2. The van der Waals surface area contributed by atoms with Gasteiger partial charge in [0, 0.05) is 13.1 Å². The maximum atomic E-state index is 12.4. The first-order valence-electron chi connectivity index (χ1n) is 7.28. The molecule has 0 saturated carbocycles. The highest BCUT2D eigenvalue weighted by atomic mass is 16.3. The summed E-state index contributed by atoms with van der Waals surface area (Å²) in [6, 6.07) is 9.52. The van der Waals surface area contributed by atoms with Crippen molar-refractivity contribution < 1.29 is 9.90 Å². The van der Waals surface area contributed by atoms with Crippen LogP contribution in [-0.4, -0.2) is 35.7 Å². The van der Waals surface area contributed by atoms with E-state index in [9.17, 15) is 9.90 Å². The van der Waals surface area contributed by atoms with Gasteiger partial charge in [-0.15, -0.1) is 0 Å². The second-order valence-electron chi connectivity index (χ2n) is 5.98. The van der Waals surface area contributed by atoms with Crippen LogP contribution in [0.3, 0.4) is 0 Å². The topological polar surface area (TPSA) is 52.6 Å². The third-order valence-corrected chi connectivity index (χ3v) is 4.05. The molecule has 0 aromatic heterocycles. The number of piperidine rings is 1. The van der Waals surface area contributed by atoms with Gasteiger partial charge in [-0.2, -0.15) is 0 Å². The number of amides is 2. The van der Waals surface area contributed by atoms with Gasteiger partial charge in [-0.1, -0.05) is 37.3 Å². The molecule has 1 saturated heterocycles. The van der Waals surface area contributed by atoms with E-state index >= 15 is 0 Å². The number of benzene rings is 1. The van der Waals surface area contributed by atoms with Crippen molar-refractivity contribution >= 4 is 6.03 Å². The Kier molecular flexibility index (Phi) is 4.65. The molecule has 4 heteroatoms. The van der Waals surface area contributed by atoms with Crippen LogP contribution in [0.4, 0.5) is 4.79 Å². The molecular weight excluding hydrogens is 252 g/mol. The summed E-state index contributed by atoms with van der Waals surface area (Å²) in [7, 11) is 0. The largest absolute Gasteiger partial charge is 0.394 e. The van der Waals surface area contributed by atoms with Crippen molar-refractivity contribution in [2.75, 3.05) is 19.7 Å². The van der Waals surface area contributed by atoms with Gasteiger partial charge < -0.3 is 15.3 Å². The molecule has 2 rings (SSSR count). The molecular formula is C16H24N2O2. The fourth-order valence-corrected chi connectivity index (χ4v) is 2.70. The molecule has 1 aromatic rings. The van der Waals surface area contributed by atoms with Gasteiger partial charge in [0.1, 0.15) is 0 Å². The van der Waals surface area contributed by atoms with Crippen LogP contribution in [0.15, 0.2) is 30.3 Å². The number of aliphatic hydroxyl groups excluding tert-OH is 1. The van der Waals surface area contributed by atoms with Gasteiger partial charge in [0.15, 0.2) is 0 Å². The molecule has 2 atom stereocenters. The third-order valence-electron chi connectivity index (χ3n) is 4.05. The first kappa shape index (κ1) is 14.9. The Balaban J connectivity index is 2.07. The number of hydrogen-bond acceptors (Lipinski definition) is 2. The van der Waals surface area contributed by atoms with E-state index in [0.29, 0.717) is 5.92 Å². The number of nitrogens with zero attached hydrogens (tertiary/aromatic N) is 1. The van der Waals surface area contributed by atoms with E-state index in [-0.39, 0.29) is 12.6 Å². The number of carbonyl (C=O) groups is 1. The zero-order valence-corrected chi connectivity index (χ0v) is 12.3. The normalized spacial score (nSPS) is 22.1. The quantitative estimate of drug-likeness (QED) is 0.890. The van der Waals surface area contributed by atoms with Crippen LogP contribution >= 0.6 is 0 Å². The summed E-state index contributed by atoms with van der Waals surface area (Å²) < 4.78 is 0. The summed E-state index contributed by atoms with van der Waals surface area (Å²) in [6.45, 7) is 5.50. The second-order valence-corrected chi connectivity index (χ2v) is 5.98. The fraction of sp³-hybridized carbons (Fsp3) is 0.562. The Morgan fingerprint density at radius 1 is 1.45 bits per heavy atom. The fourth-order valence-electron chi connectivity index (χ4n) is 2.70. The lowest BCUT2D eigenvalue weighted by Gasteiger charge is -2.36. The van der Waals surface area contributed by atoms with E-state index in [1.54, 1.807) is 0 Å². The molecule has 0 bridgehead atoms. The molecule has 2 N–H and O–H groups in total. The lowest BCUT2D eigenvalue weighted by molar-refractivity contribution is 0.136. The summed E-state index contributed by atoms with van der Waals surface area (Å²) in [5.74, 6) is 0.548. The van der Waals surface area contributed by atoms with E-state index < -0.39 is 5.54 Å². The molecule has 4 nitrogen and oxygen atoms in total. The van der Waals surface area contributed by atoms with Crippen molar-refractivity contribution in [3.05, 3.63) is 35.9 Å². The Labute approximate surface area is 120 Å². The van der Waals surface area contributed by atoms with Crippen LogP contribution in [0.5, 0.6) is 0 Å². The Morgan fingerprint density at radius 3 is 2.75 bits per heavy atom. The summed E-state index contributed by atoms with van der Waals surface area (Å²) in [5, 5.41) is 12.7. The predicted octanol–water partition coefficient (Wildman–Crippen LogP) is 2.34. The number of carbonyl (C=O) groups excluding carboxylic acids is 1. The Hall–Kier alpha value is -1.55. The van der Waals surface area contributed by atoms with Crippen LogP contribution in [0.2, 0.25) is 0 Å². The first-order valence-corrected chi connectivity index (χ1v) is 7.28. The average molecular weight is 276 g/mol. The smallest absolute Gasteiger partial charge is 0.318 e. The van der Waals surface area contributed by atoms with E-state index in [2.05, 4.69) is 12.2 Å². The number of likely N-dealkylation sites (tertiary alicyclic amines) is 1. The maximum absolute atomic E-state index is 12.4. The molecule has 0 aliphatic carbocycles. The molecule has 20 heavy (non-hydrogen) atoms. The van der Waals surface area contributed by atoms with Crippen molar-refractivity contribution in [1.82, 2.24) is 10.2 Å². The summed E-state index contributed by atoms with van der Waals surface area (Å²) in [6.07, 6.45) is 2.23. The van der Waals surface area contributed by atoms with Gasteiger partial charge in [0.2, 0.25) is 0 Å². The van der Waals surface area contributed by atoms with Crippen molar-refractivity contribution in [1.29, 1.82) is 0 Å². The summed E-state index contributed by atoms with van der Waals surface area (Å²) in [4.78, 5) is 14.2. The highest BCUT2D eigenvalue weighted by Crippen LogP contribution is 2.21. The van der Waals surface area contributed by atoms with Crippen LogP contribution < -0.4 is 5.32 Å². The van der Waals surface area contributed by atoms with Gasteiger partial charge >= 0.3 is 6.03 Å². The van der Waals surface area contributed by atoms with E-state index in [0.717, 1.165) is 25.1 Å². The minimum atomic E-state index is -0.737. The molecule has 0 spiro atoms. The lowest BCUT2D eigenvalue weighted by atomic mass is 9.93. The average Bonchev–Trinajstić information content (AvgIpc) is 2.48. The molecule has 0 radical (unpaired) electrons. The molecule has 1 aliphatic rings. The number of urea groups is 1. The van der Waals surface area contributed by atoms with Crippen molar-refractivity contribution in [2.24, 2.45) is 5.92 Å². The predicted molar refractivity (Wildman–Crippen MR) is 79.4 cm³/mol.